The Bertz CT molecular complexity index is 202. The Morgan fingerprint density at radius 1 is 0.769 bits per heavy atom. The zero-order valence-electron chi connectivity index (χ0n) is 8.28. The van der Waals surface area contributed by atoms with E-state index < -0.39 is 0 Å². The quantitative estimate of drug-likeness (QED) is 0.577. The number of hydrogen-bond donors (Lipinski definition) is 1. The fourth-order valence-electron chi connectivity index (χ4n) is 4.09. The summed E-state index contributed by atoms with van der Waals surface area (Å²) < 4.78 is 0. The molecular weight excluding hydrogens is 160 g/mol. The molecule has 0 radical (unpaired) electrons. The van der Waals surface area contributed by atoms with Crippen molar-refractivity contribution in [3.63, 3.8) is 0 Å². The van der Waals surface area contributed by atoms with E-state index in [0.717, 1.165) is 23.9 Å². The van der Waals surface area contributed by atoms with Crippen molar-refractivity contribution < 1.29 is 0 Å². The zero-order chi connectivity index (χ0) is 8.84. The zero-order valence-corrected chi connectivity index (χ0v) is 8.28. The van der Waals surface area contributed by atoms with E-state index in [0.29, 0.717) is 0 Å². The third kappa shape index (κ3) is 1.08. The van der Waals surface area contributed by atoms with Gasteiger partial charge in [0.25, 0.3) is 0 Å². The lowest BCUT2D eigenvalue weighted by Gasteiger charge is -2.31. The van der Waals surface area contributed by atoms with E-state index in [4.69, 9.17) is 5.84 Å². The van der Waals surface area contributed by atoms with E-state index in [1.807, 2.05) is 0 Å². The van der Waals surface area contributed by atoms with Gasteiger partial charge in [0.1, 0.15) is 0 Å². The van der Waals surface area contributed by atoms with Crippen molar-refractivity contribution in [2.24, 2.45) is 17.7 Å². The van der Waals surface area contributed by atoms with E-state index in [-0.39, 0.29) is 0 Å². The maximum absolute atomic E-state index is 6.21. The molecule has 2 N–H and O–H groups in total. The van der Waals surface area contributed by atoms with Crippen LogP contribution in [0.1, 0.15) is 44.9 Å². The van der Waals surface area contributed by atoms with Crippen molar-refractivity contribution in [1.29, 1.82) is 0 Å². The van der Waals surface area contributed by atoms with Crippen molar-refractivity contribution in [3.05, 3.63) is 0 Å². The van der Waals surface area contributed by atoms with Gasteiger partial charge in [0, 0.05) is 12.1 Å². The standard InChI is InChI=1S/C11H20N2/c12-13-10-6-2-1-4-8(10)9-5-3-7-11(9)13/h8-11H,1-7,12H2. The van der Waals surface area contributed by atoms with Crippen LogP contribution in [0.2, 0.25) is 0 Å². The van der Waals surface area contributed by atoms with Crippen molar-refractivity contribution in [2.75, 3.05) is 0 Å². The summed E-state index contributed by atoms with van der Waals surface area (Å²) in [5.41, 5.74) is 0. The molecule has 0 spiro atoms. The minimum absolute atomic E-state index is 0.754. The molecule has 0 aromatic heterocycles. The molecular formula is C11H20N2. The highest BCUT2D eigenvalue weighted by atomic mass is 15.5. The van der Waals surface area contributed by atoms with Crippen LogP contribution in [0.25, 0.3) is 0 Å². The van der Waals surface area contributed by atoms with Crippen LogP contribution in [0.15, 0.2) is 0 Å². The first-order valence-corrected chi connectivity index (χ1v) is 5.91. The fraction of sp³-hybridized carbons (Fsp3) is 1.00. The van der Waals surface area contributed by atoms with Gasteiger partial charge in [-0.05, 0) is 37.5 Å². The van der Waals surface area contributed by atoms with Gasteiger partial charge in [-0.2, -0.15) is 0 Å². The smallest absolute Gasteiger partial charge is 0.0275 e. The number of rotatable bonds is 0. The Kier molecular flexibility index (Phi) is 1.88. The van der Waals surface area contributed by atoms with Gasteiger partial charge in [-0.25, -0.2) is 5.01 Å². The van der Waals surface area contributed by atoms with Crippen molar-refractivity contribution in [2.45, 2.75) is 57.0 Å². The van der Waals surface area contributed by atoms with Gasteiger partial charge < -0.3 is 0 Å². The first-order chi connectivity index (χ1) is 6.38. The van der Waals surface area contributed by atoms with Gasteiger partial charge in [0.05, 0.1) is 0 Å². The van der Waals surface area contributed by atoms with Crippen molar-refractivity contribution >= 4 is 0 Å². The minimum Gasteiger partial charge on any atom is -0.268 e. The highest BCUT2D eigenvalue weighted by molar-refractivity contribution is 5.01. The number of nitrogens with two attached hydrogens (primary N) is 1. The molecule has 3 fully saturated rings. The molecule has 3 rings (SSSR count). The molecule has 1 saturated heterocycles. The molecule has 0 amide bonds. The lowest BCUT2D eigenvalue weighted by atomic mass is 9.79. The second-order valence-electron chi connectivity index (χ2n) is 5.12. The van der Waals surface area contributed by atoms with Gasteiger partial charge in [0.15, 0.2) is 0 Å². The summed E-state index contributed by atoms with van der Waals surface area (Å²) >= 11 is 0. The summed E-state index contributed by atoms with van der Waals surface area (Å²) in [5, 5.41) is 2.24. The molecule has 2 nitrogen and oxygen atoms in total. The predicted octanol–water partition coefficient (Wildman–Crippen LogP) is 1.90. The molecule has 0 aromatic carbocycles. The normalized spacial score (nSPS) is 50.5. The molecule has 74 valence electrons. The average molecular weight is 180 g/mol. The monoisotopic (exact) mass is 180 g/mol. The predicted molar refractivity (Wildman–Crippen MR) is 52.9 cm³/mol. The summed E-state index contributed by atoms with van der Waals surface area (Å²) in [6.07, 6.45) is 9.94. The Balaban J connectivity index is 1.85. The number of hydrogen-bond acceptors (Lipinski definition) is 2. The highest BCUT2D eigenvalue weighted by Gasteiger charge is 2.49. The van der Waals surface area contributed by atoms with Crippen LogP contribution in [-0.2, 0) is 0 Å². The summed E-state index contributed by atoms with van der Waals surface area (Å²) in [7, 11) is 0. The van der Waals surface area contributed by atoms with Crippen LogP contribution in [0.5, 0.6) is 0 Å². The van der Waals surface area contributed by atoms with Gasteiger partial charge in [-0.3, -0.25) is 5.84 Å². The SMILES string of the molecule is NN1C2CCCCC2C2CCCC21. The van der Waals surface area contributed by atoms with Crippen molar-refractivity contribution in [3.8, 4) is 0 Å². The molecule has 0 aromatic rings. The molecule has 13 heavy (non-hydrogen) atoms. The summed E-state index contributed by atoms with van der Waals surface area (Å²) in [5.74, 6) is 8.14. The van der Waals surface area contributed by atoms with Gasteiger partial charge in [-0.1, -0.05) is 19.3 Å². The summed E-state index contributed by atoms with van der Waals surface area (Å²) in [6.45, 7) is 0. The maximum Gasteiger partial charge on any atom is 0.0275 e. The van der Waals surface area contributed by atoms with Crippen LogP contribution in [0.3, 0.4) is 0 Å². The third-order valence-corrected chi connectivity index (χ3v) is 4.63. The van der Waals surface area contributed by atoms with Crippen LogP contribution in [0.4, 0.5) is 0 Å². The molecule has 1 aliphatic heterocycles. The van der Waals surface area contributed by atoms with Crippen LogP contribution in [-0.4, -0.2) is 17.1 Å². The van der Waals surface area contributed by atoms with Gasteiger partial charge in [-0.15, -0.1) is 0 Å². The molecule has 2 aliphatic carbocycles. The largest absolute Gasteiger partial charge is 0.268 e. The Morgan fingerprint density at radius 3 is 2.08 bits per heavy atom. The van der Waals surface area contributed by atoms with Crippen LogP contribution in [0, 0.1) is 11.8 Å². The van der Waals surface area contributed by atoms with E-state index >= 15 is 0 Å². The van der Waals surface area contributed by atoms with Crippen LogP contribution >= 0.6 is 0 Å². The second kappa shape index (κ2) is 2.96. The number of fused-ring (bicyclic) bond motifs is 3. The minimum atomic E-state index is 0.754. The molecule has 0 bridgehead atoms. The van der Waals surface area contributed by atoms with Crippen LogP contribution < -0.4 is 5.84 Å². The first-order valence-electron chi connectivity index (χ1n) is 5.91. The highest BCUT2D eigenvalue weighted by Crippen LogP contribution is 2.48. The Hall–Kier alpha value is -0.0800. The van der Waals surface area contributed by atoms with E-state index in [1.54, 1.807) is 0 Å². The Morgan fingerprint density at radius 2 is 1.31 bits per heavy atom. The van der Waals surface area contributed by atoms with E-state index in [2.05, 4.69) is 5.01 Å². The number of nitrogens with zero attached hydrogens (tertiary/aromatic N) is 1. The molecule has 2 heteroatoms. The number of hydrazine groups is 1. The van der Waals surface area contributed by atoms with Gasteiger partial charge >= 0.3 is 0 Å². The third-order valence-electron chi connectivity index (χ3n) is 4.63. The Labute approximate surface area is 80.4 Å². The lowest BCUT2D eigenvalue weighted by Crippen LogP contribution is -2.43. The lowest BCUT2D eigenvalue weighted by molar-refractivity contribution is 0.149. The van der Waals surface area contributed by atoms with Gasteiger partial charge in [0.2, 0.25) is 0 Å². The second-order valence-corrected chi connectivity index (χ2v) is 5.12. The van der Waals surface area contributed by atoms with E-state index in [9.17, 15) is 0 Å². The summed E-state index contributed by atoms with van der Waals surface area (Å²) in [4.78, 5) is 0. The molecule has 4 atom stereocenters. The fourth-order valence-corrected chi connectivity index (χ4v) is 4.09. The molecule has 1 heterocycles. The van der Waals surface area contributed by atoms with Crippen molar-refractivity contribution in [1.82, 2.24) is 5.01 Å². The average Bonchev–Trinajstić information content (AvgIpc) is 2.72. The molecule has 4 unspecified atom stereocenters. The maximum atomic E-state index is 6.21. The summed E-state index contributed by atoms with van der Waals surface area (Å²) in [6, 6.07) is 1.51. The molecule has 3 aliphatic rings. The van der Waals surface area contributed by atoms with E-state index in [1.165, 1.54) is 44.9 Å². The molecule has 2 saturated carbocycles. The topological polar surface area (TPSA) is 29.3 Å². The first kappa shape index (κ1) is 8.25.